The van der Waals surface area contributed by atoms with Gasteiger partial charge in [0.1, 0.15) is 0 Å². The number of aliphatic carboxylic acids is 1. The second kappa shape index (κ2) is 9.49. The number of halogens is 1. The summed E-state index contributed by atoms with van der Waals surface area (Å²) in [7, 11) is 0.751. The lowest BCUT2D eigenvalue weighted by Crippen LogP contribution is -2.00. The van der Waals surface area contributed by atoms with E-state index >= 15 is 0 Å². The quantitative estimate of drug-likeness (QED) is 0.192. The Morgan fingerprint density at radius 1 is 0.714 bits per heavy atom. The largest absolute Gasteiger partial charge is 0.481 e. The smallest absolute Gasteiger partial charge is 0.303 e. The Kier molecular flexibility index (Phi) is 7.04. The molecule has 0 aromatic heterocycles. The highest BCUT2D eigenvalue weighted by Crippen LogP contribution is 2.35. The van der Waals surface area contributed by atoms with E-state index in [0.717, 1.165) is 34.0 Å². The molecule has 144 valence electrons. The SMILES string of the molecule is Br.O=C(O)CCCCCPc1cccc2c3ccccc3c3ccccc3c12. The molecular weight excluding hydrogens is 431 g/mol. The minimum Gasteiger partial charge on any atom is -0.481 e. The summed E-state index contributed by atoms with van der Waals surface area (Å²) in [5.41, 5.74) is 0. The van der Waals surface area contributed by atoms with Crippen LogP contribution in [0.4, 0.5) is 0 Å². The summed E-state index contributed by atoms with van der Waals surface area (Å²) in [6.45, 7) is 0. The number of fused-ring (bicyclic) bond motifs is 6. The first kappa shape index (κ1) is 20.8. The molecule has 28 heavy (non-hydrogen) atoms. The van der Waals surface area contributed by atoms with Gasteiger partial charge in [-0.1, -0.05) is 81.7 Å². The van der Waals surface area contributed by atoms with Gasteiger partial charge < -0.3 is 5.11 Å². The van der Waals surface area contributed by atoms with Gasteiger partial charge in [-0.3, -0.25) is 4.79 Å². The maximum Gasteiger partial charge on any atom is 0.303 e. The van der Waals surface area contributed by atoms with E-state index in [-0.39, 0.29) is 23.4 Å². The van der Waals surface area contributed by atoms with Crippen LogP contribution in [0.2, 0.25) is 0 Å². The molecule has 0 spiro atoms. The van der Waals surface area contributed by atoms with E-state index in [0.29, 0.717) is 0 Å². The zero-order valence-corrected chi connectivity index (χ0v) is 18.4. The monoisotopic (exact) mass is 454 g/mol. The van der Waals surface area contributed by atoms with Crippen molar-refractivity contribution in [2.24, 2.45) is 0 Å². The summed E-state index contributed by atoms with van der Waals surface area (Å²) in [4.78, 5) is 10.6. The third-order valence-corrected chi connectivity index (χ3v) is 6.55. The van der Waals surface area contributed by atoms with E-state index in [9.17, 15) is 4.79 Å². The molecule has 2 nitrogen and oxygen atoms in total. The van der Waals surface area contributed by atoms with Gasteiger partial charge in [0.2, 0.25) is 0 Å². The van der Waals surface area contributed by atoms with E-state index < -0.39 is 5.97 Å². The predicted molar refractivity (Wildman–Crippen MR) is 128 cm³/mol. The molecule has 4 rings (SSSR count). The standard InChI is InChI=1S/C24H23O2P.BrH/c25-23(26)15-2-1-7-16-27-22-14-8-13-21-19-10-4-3-9-17(19)18-11-5-6-12-20(18)24(21)22;/h3-6,8-14,27H,1-2,7,15-16H2,(H,25,26);1H. The van der Waals surface area contributed by atoms with Crippen molar-refractivity contribution in [2.75, 3.05) is 6.16 Å². The van der Waals surface area contributed by atoms with Gasteiger partial charge in [0.05, 0.1) is 0 Å². The normalized spacial score (nSPS) is 11.4. The highest BCUT2D eigenvalue weighted by atomic mass is 79.9. The Labute approximate surface area is 177 Å². The molecule has 4 aromatic carbocycles. The first-order valence-electron chi connectivity index (χ1n) is 9.53. The predicted octanol–water partition coefficient (Wildman–Crippen LogP) is 6.67. The first-order valence-corrected chi connectivity index (χ1v) is 10.7. The molecule has 1 N–H and O–H groups in total. The summed E-state index contributed by atoms with van der Waals surface area (Å²) < 4.78 is 0. The molecule has 4 aromatic rings. The summed E-state index contributed by atoms with van der Waals surface area (Å²) in [5, 5.41) is 18.2. The molecule has 0 heterocycles. The van der Waals surface area contributed by atoms with Gasteiger partial charge in [0, 0.05) is 6.42 Å². The molecule has 0 amide bonds. The topological polar surface area (TPSA) is 37.3 Å². The molecular formula is C24H24BrO2P. The van der Waals surface area contributed by atoms with Gasteiger partial charge in [0.15, 0.2) is 0 Å². The highest BCUT2D eigenvalue weighted by Gasteiger charge is 2.11. The average Bonchev–Trinajstić information content (AvgIpc) is 2.70. The fourth-order valence-corrected chi connectivity index (χ4v) is 5.26. The molecule has 1 unspecified atom stereocenters. The Hall–Kier alpha value is -1.96. The second-order valence-electron chi connectivity index (χ2n) is 6.95. The number of carbonyl (C=O) groups is 1. The lowest BCUT2D eigenvalue weighted by Gasteiger charge is -2.14. The van der Waals surface area contributed by atoms with Gasteiger partial charge in [-0.25, -0.2) is 0 Å². The Bertz CT molecular complexity index is 1080. The van der Waals surface area contributed by atoms with Crippen LogP contribution in [0.15, 0.2) is 66.7 Å². The minimum absolute atomic E-state index is 0. The fourth-order valence-electron chi connectivity index (χ4n) is 3.90. The van der Waals surface area contributed by atoms with E-state index in [1.807, 2.05) is 0 Å². The van der Waals surface area contributed by atoms with Crippen LogP contribution < -0.4 is 5.30 Å². The van der Waals surface area contributed by atoms with Crippen LogP contribution in [0.25, 0.3) is 32.3 Å². The Morgan fingerprint density at radius 3 is 1.86 bits per heavy atom. The third-order valence-electron chi connectivity index (χ3n) is 5.15. The van der Waals surface area contributed by atoms with Crippen molar-refractivity contribution in [1.29, 1.82) is 0 Å². The van der Waals surface area contributed by atoms with E-state index in [1.165, 1.54) is 37.6 Å². The van der Waals surface area contributed by atoms with Crippen LogP contribution in [0.1, 0.15) is 25.7 Å². The number of unbranched alkanes of at least 4 members (excludes halogenated alkanes) is 2. The van der Waals surface area contributed by atoms with Crippen molar-refractivity contribution in [3.63, 3.8) is 0 Å². The minimum atomic E-state index is -0.690. The van der Waals surface area contributed by atoms with Gasteiger partial charge >= 0.3 is 5.97 Å². The average molecular weight is 455 g/mol. The van der Waals surface area contributed by atoms with Crippen molar-refractivity contribution in [2.45, 2.75) is 25.7 Å². The molecule has 0 bridgehead atoms. The molecule has 0 radical (unpaired) electrons. The molecule has 1 atom stereocenters. The van der Waals surface area contributed by atoms with Crippen LogP contribution in [-0.2, 0) is 4.79 Å². The fraction of sp³-hybridized carbons (Fsp3) is 0.208. The van der Waals surface area contributed by atoms with Crippen LogP contribution in [0.5, 0.6) is 0 Å². The molecule has 0 fully saturated rings. The van der Waals surface area contributed by atoms with Gasteiger partial charge in [-0.05, 0) is 56.6 Å². The van der Waals surface area contributed by atoms with E-state index in [1.54, 1.807) is 0 Å². The lowest BCUT2D eigenvalue weighted by molar-refractivity contribution is -0.137. The first-order chi connectivity index (χ1) is 13.3. The number of carboxylic acid groups (broad SMARTS) is 1. The summed E-state index contributed by atoms with van der Waals surface area (Å²) >= 11 is 0. The summed E-state index contributed by atoms with van der Waals surface area (Å²) in [6, 6.07) is 24.1. The van der Waals surface area contributed by atoms with Gasteiger partial charge in [0.25, 0.3) is 0 Å². The number of rotatable bonds is 7. The van der Waals surface area contributed by atoms with Gasteiger partial charge in [-0.2, -0.15) is 0 Å². The van der Waals surface area contributed by atoms with Crippen molar-refractivity contribution in [3.05, 3.63) is 66.7 Å². The Morgan fingerprint density at radius 2 is 1.25 bits per heavy atom. The number of benzene rings is 4. The molecule has 4 heteroatoms. The maximum absolute atomic E-state index is 10.6. The zero-order chi connectivity index (χ0) is 18.6. The van der Waals surface area contributed by atoms with Crippen LogP contribution in [0.3, 0.4) is 0 Å². The van der Waals surface area contributed by atoms with Crippen molar-refractivity contribution in [1.82, 2.24) is 0 Å². The summed E-state index contributed by atoms with van der Waals surface area (Å²) in [6.07, 6.45) is 4.28. The number of hydrogen-bond donors (Lipinski definition) is 1. The molecule has 0 saturated heterocycles. The van der Waals surface area contributed by atoms with Crippen LogP contribution >= 0.6 is 25.6 Å². The van der Waals surface area contributed by atoms with Crippen molar-refractivity contribution < 1.29 is 9.90 Å². The van der Waals surface area contributed by atoms with Crippen molar-refractivity contribution in [3.8, 4) is 0 Å². The lowest BCUT2D eigenvalue weighted by atomic mass is 9.94. The number of hydrogen-bond acceptors (Lipinski definition) is 1. The molecule has 0 aliphatic rings. The van der Waals surface area contributed by atoms with Gasteiger partial charge in [-0.15, -0.1) is 17.0 Å². The van der Waals surface area contributed by atoms with Crippen LogP contribution in [-0.4, -0.2) is 17.2 Å². The Balaban J connectivity index is 0.00000225. The maximum atomic E-state index is 10.6. The molecule has 0 aliphatic heterocycles. The number of carboxylic acids is 1. The zero-order valence-electron chi connectivity index (χ0n) is 15.7. The van der Waals surface area contributed by atoms with E-state index in [4.69, 9.17) is 5.11 Å². The molecule has 0 saturated carbocycles. The third kappa shape index (κ3) is 4.21. The second-order valence-corrected chi connectivity index (χ2v) is 8.34. The highest BCUT2D eigenvalue weighted by molar-refractivity contribution is 8.93. The van der Waals surface area contributed by atoms with Crippen LogP contribution in [0, 0.1) is 0 Å². The summed E-state index contributed by atoms with van der Waals surface area (Å²) in [5.74, 6) is -0.690. The van der Waals surface area contributed by atoms with E-state index in [2.05, 4.69) is 66.7 Å². The van der Waals surface area contributed by atoms with Crippen molar-refractivity contribution >= 4 is 69.2 Å². The molecule has 0 aliphatic carbocycles.